The predicted molar refractivity (Wildman–Crippen MR) is 122 cm³/mol. The number of hydrogen-bond donors (Lipinski definition) is 3. The minimum Gasteiger partial charge on any atom is -0.463 e. The zero-order chi connectivity index (χ0) is 23.2. The molecule has 0 saturated heterocycles. The van der Waals surface area contributed by atoms with Crippen LogP contribution < -0.4 is 5.73 Å². The van der Waals surface area contributed by atoms with Gasteiger partial charge in [0.25, 0.3) is 0 Å². The van der Waals surface area contributed by atoms with Gasteiger partial charge in [0.05, 0.1) is 13.2 Å². The molecule has 8 nitrogen and oxygen atoms in total. The molecule has 9 heteroatoms. The number of unbranched alkanes of at least 4 members (excludes halogenated alkanes) is 7. The molecule has 0 saturated carbocycles. The molecule has 2 atom stereocenters. The zero-order valence-electron chi connectivity index (χ0n) is 19.0. The van der Waals surface area contributed by atoms with Gasteiger partial charge in [0.1, 0.15) is 12.7 Å². The molecule has 0 aromatic rings. The summed E-state index contributed by atoms with van der Waals surface area (Å²) in [5.74, 6) is -0.402. The van der Waals surface area contributed by atoms with Crippen LogP contribution in [0.1, 0.15) is 77.6 Å². The van der Waals surface area contributed by atoms with E-state index < -0.39 is 26.5 Å². The van der Waals surface area contributed by atoms with Gasteiger partial charge in [0.15, 0.2) is 0 Å². The van der Waals surface area contributed by atoms with Gasteiger partial charge in [0.2, 0.25) is 0 Å². The van der Waals surface area contributed by atoms with Gasteiger partial charge in [-0.25, -0.2) is 4.57 Å². The molecule has 0 aromatic heterocycles. The van der Waals surface area contributed by atoms with Crippen LogP contribution in [0.4, 0.5) is 0 Å². The summed E-state index contributed by atoms with van der Waals surface area (Å²) in [7, 11) is -4.24. The van der Waals surface area contributed by atoms with Crippen LogP contribution in [0.25, 0.3) is 0 Å². The summed E-state index contributed by atoms with van der Waals surface area (Å²) >= 11 is 0. The van der Waals surface area contributed by atoms with Gasteiger partial charge in [-0.3, -0.25) is 13.8 Å². The van der Waals surface area contributed by atoms with Gasteiger partial charge in [-0.05, 0) is 32.1 Å². The molecule has 0 spiro atoms. The molecule has 0 fully saturated rings. The normalized spacial score (nSPS) is 14.8. The van der Waals surface area contributed by atoms with Gasteiger partial charge in [-0.1, -0.05) is 63.3 Å². The lowest BCUT2D eigenvalue weighted by molar-refractivity contribution is -0.147. The Morgan fingerprint density at radius 1 is 0.968 bits per heavy atom. The number of rotatable bonds is 21. The smallest absolute Gasteiger partial charge is 0.463 e. The maximum atomic E-state index is 11.7. The van der Waals surface area contributed by atoms with Crippen LogP contribution in [0.15, 0.2) is 24.3 Å². The average Bonchev–Trinajstić information content (AvgIpc) is 2.75. The van der Waals surface area contributed by atoms with Crippen molar-refractivity contribution in [2.45, 2.75) is 83.7 Å². The number of aliphatic hydroxyl groups is 1. The van der Waals surface area contributed by atoms with E-state index in [0.29, 0.717) is 0 Å². The Morgan fingerprint density at radius 2 is 1.61 bits per heavy atom. The van der Waals surface area contributed by atoms with E-state index >= 15 is 0 Å². The van der Waals surface area contributed by atoms with Crippen LogP contribution in [0.2, 0.25) is 0 Å². The van der Waals surface area contributed by atoms with Gasteiger partial charge in [0, 0.05) is 13.0 Å². The van der Waals surface area contributed by atoms with Crippen molar-refractivity contribution in [3.63, 3.8) is 0 Å². The number of hydrogen-bond acceptors (Lipinski definition) is 7. The Balaban J connectivity index is 3.55. The molecule has 0 aliphatic rings. The summed E-state index contributed by atoms with van der Waals surface area (Å²) in [6, 6.07) is 0. The minimum absolute atomic E-state index is 0.0716. The number of nitrogens with two attached hydrogens (primary N) is 1. The number of phosphoric acid groups is 1. The van der Waals surface area contributed by atoms with Crippen molar-refractivity contribution in [2.75, 3.05) is 26.4 Å². The van der Waals surface area contributed by atoms with E-state index in [-0.39, 0.29) is 26.2 Å². The fourth-order valence-corrected chi connectivity index (χ4v) is 3.36. The van der Waals surface area contributed by atoms with Crippen LogP contribution >= 0.6 is 7.82 Å². The third kappa shape index (κ3) is 22.0. The summed E-state index contributed by atoms with van der Waals surface area (Å²) < 4.78 is 25.5. The SMILES string of the molecule is CCCC/C=C\C/C=C\CCCCCCCC(=O)OC[C@@H](O)COP(=O)(O)OCCN. The van der Waals surface area contributed by atoms with Gasteiger partial charge >= 0.3 is 13.8 Å². The maximum absolute atomic E-state index is 11.7. The number of phosphoric ester groups is 1. The summed E-state index contributed by atoms with van der Waals surface area (Å²) in [4.78, 5) is 21.0. The number of esters is 1. The van der Waals surface area contributed by atoms with Gasteiger partial charge in [-0.15, -0.1) is 0 Å². The monoisotopic (exact) mass is 463 g/mol. The topological polar surface area (TPSA) is 128 Å². The number of allylic oxidation sites excluding steroid dienone is 4. The molecule has 0 aliphatic heterocycles. The zero-order valence-corrected chi connectivity index (χ0v) is 19.8. The largest absolute Gasteiger partial charge is 0.472 e. The number of ether oxygens (including phenoxy) is 1. The van der Waals surface area contributed by atoms with E-state index in [2.05, 4.69) is 40.3 Å². The van der Waals surface area contributed by atoms with E-state index in [1.807, 2.05) is 0 Å². The Hall–Kier alpha value is -1.02. The fourth-order valence-electron chi connectivity index (χ4n) is 2.59. The highest BCUT2D eigenvalue weighted by atomic mass is 31.2. The molecule has 1 unspecified atom stereocenters. The fraction of sp³-hybridized carbons (Fsp3) is 0.773. The first-order valence-corrected chi connectivity index (χ1v) is 12.9. The van der Waals surface area contributed by atoms with E-state index in [9.17, 15) is 19.4 Å². The lowest BCUT2D eigenvalue weighted by Crippen LogP contribution is -2.23. The Kier molecular flexibility index (Phi) is 20.2. The Bertz CT molecular complexity index is 540. The second-order valence-electron chi connectivity index (χ2n) is 7.35. The molecule has 0 aromatic carbocycles. The highest BCUT2D eigenvalue weighted by Crippen LogP contribution is 2.42. The van der Waals surface area contributed by atoms with Crippen LogP contribution in [0, 0.1) is 0 Å². The van der Waals surface area contributed by atoms with Crippen LogP contribution in [-0.4, -0.2) is 48.4 Å². The molecular weight excluding hydrogens is 421 g/mol. The highest BCUT2D eigenvalue weighted by Gasteiger charge is 2.22. The third-order valence-electron chi connectivity index (χ3n) is 4.32. The van der Waals surface area contributed by atoms with Crippen molar-refractivity contribution in [1.29, 1.82) is 0 Å². The second kappa shape index (κ2) is 20.9. The number of carbonyl (C=O) groups excluding carboxylic acids is 1. The van der Waals surface area contributed by atoms with Crippen molar-refractivity contribution in [3.8, 4) is 0 Å². The number of aliphatic hydroxyl groups excluding tert-OH is 1. The first kappa shape index (κ1) is 30.0. The molecule has 0 aliphatic carbocycles. The first-order valence-electron chi connectivity index (χ1n) is 11.4. The summed E-state index contributed by atoms with van der Waals surface area (Å²) in [6.07, 6.45) is 18.8. The lowest BCUT2D eigenvalue weighted by atomic mass is 10.1. The van der Waals surface area contributed by atoms with E-state index in [0.717, 1.165) is 44.9 Å². The molecule has 4 N–H and O–H groups in total. The lowest BCUT2D eigenvalue weighted by Gasteiger charge is -2.15. The molecule has 0 radical (unpaired) electrons. The van der Waals surface area contributed by atoms with Crippen molar-refractivity contribution in [3.05, 3.63) is 24.3 Å². The van der Waals surface area contributed by atoms with E-state index in [1.54, 1.807) is 0 Å². The molecule has 182 valence electrons. The average molecular weight is 464 g/mol. The molecule has 31 heavy (non-hydrogen) atoms. The highest BCUT2D eigenvalue weighted by molar-refractivity contribution is 7.47. The molecule has 0 heterocycles. The van der Waals surface area contributed by atoms with Crippen molar-refractivity contribution in [1.82, 2.24) is 0 Å². The molecular formula is C22H42NO7P. The van der Waals surface area contributed by atoms with Crippen LogP contribution in [0.3, 0.4) is 0 Å². The Labute approximate surface area is 187 Å². The summed E-state index contributed by atoms with van der Waals surface area (Å²) in [6.45, 7) is 1.37. The van der Waals surface area contributed by atoms with Crippen molar-refractivity contribution in [2.24, 2.45) is 5.73 Å². The second-order valence-corrected chi connectivity index (χ2v) is 8.80. The van der Waals surface area contributed by atoms with Gasteiger partial charge < -0.3 is 20.5 Å². The van der Waals surface area contributed by atoms with Crippen molar-refractivity contribution < 1.29 is 33.1 Å². The molecule has 0 amide bonds. The Morgan fingerprint density at radius 3 is 2.29 bits per heavy atom. The van der Waals surface area contributed by atoms with Crippen LogP contribution in [-0.2, 0) is 23.1 Å². The van der Waals surface area contributed by atoms with E-state index in [1.165, 1.54) is 19.3 Å². The standard InChI is InChI=1S/C22H42NO7P/c1-2-3-4-5-6-7-8-9-10-11-12-13-14-15-16-22(25)28-19-21(24)20-30-31(26,27)29-18-17-23/h5-6,8-9,21,24H,2-4,7,10-20,23H2,1H3,(H,26,27)/b6-5-,9-8-/t21-/m1/s1. The van der Waals surface area contributed by atoms with Crippen molar-refractivity contribution >= 4 is 13.8 Å². The minimum atomic E-state index is -4.24. The van der Waals surface area contributed by atoms with Gasteiger partial charge in [-0.2, -0.15) is 0 Å². The summed E-state index contributed by atoms with van der Waals surface area (Å²) in [5, 5.41) is 9.66. The summed E-state index contributed by atoms with van der Waals surface area (Å²) in [5.41, 5.74) is 5.16. The quantitative estimate of drug-likeness (QED) is 0.0988. The van der Waals surface area contributed by atoms with Crippen LogP contribution in [0.5, 0.6) is 0 Å². The maximum Gasteiger partial charge on any atom is 0.472 e. The molecule has 0 rings (SSSR count). The van der Waals surface area contributed by atoms with E-state index in [4.69, 9.17) is 10.5 Å². The predicted octanol–water partition coefficient (Wildman–Crippen LogP) is 4.41. The third-order valence-corrected chi connectivity index (χ3v) is 5.30. The molecule has 0 bridgehead atoms. The number of carbonyl (C=O) groups is 1. The first-order chi connectivity index (χ1) is 14.9.